The van der Waals surface area contributed by atoms with Gasteiger partial charge >= 0.3 is 0 Å². The van der Waals surface area contributed by atoms with Gasteiger partial charge in [-0.15, -0.1) is 0 Å². The number of carbonyl (C=O) groups is 1. The summed E-state index contributed by atoms with van der Waals surface area (Å²) in [7, 11) is 0. The standard InChI is InChI=1S/C13H17BrFNO/c1-13(2,6-7-14)9-16-12(17)10-4-3-5-11(15)8-10/h3-5,8H,6-7,9H2,1-2H3,(H,16,17). The first-order valence-electron chi connectivity index (χ1n) is 5.54. The lowest BCUT2D eigenvalue weighted by Crippen LogP contribution is -2.34. The van der Waals surface area contributed by atoms with Crippen molar-refractivity contribution in [2.75, 3.05) is 11.9 Å². The molecule has 0 aromatic heterocycles. The van der Waals surface area contributed by atoms with E-state index in [1.165, 1.54) is 18.2 Å². The van der Waals surface area contributed by atoms with Gasteiger partial charge in [0.15, 0.2) is 0 Å². The van der Waals surface area contributed by atoms with E-state index in [0.717, 1.165) is 11.8 Å². The highest BCUT2D eigenvalue weighted by molar-refractivity contribution is 9.09. The summed E-state index contributed by atoms with van der Waals surface area (Å²) in [5, 5.41) is 3.72. The molecule has 0 spiro atoms. The monoisotopic (exact) mass is 301 g/mol. The highest BCUT2D eigenvalue weighted by Gasteiger charge is 2.18. The van der Waals surface area contributed by atoms with Gasteiger partial charge in [-0.2, -0.15) is 0 Å². The quantitative estimate of drug-likeness (QED) is 0.830. The molecule has 1 amide bonds. The Bertz CT molecular complexity index is 393. The second-order valence-corrected chi connectivity index (χ2v) is 5.59. The number of halogens is 2. The molecule has 4 heteroatoms. The molecule has 0 saturated heterocycles. The molecular weight excluding hydrogens is 285 g/mol. The Morgan fingerprint density at radius 2 is 2.18 bits per heavy atom. The maximum atomic E-state index is 12.9. The maximum Gasteiger partial charge on any atom is 0.251 e. The lowest BCUT2D eigenvalue weighted by molar-refractivity contribution is 0.0935. The van der Waals surface area contributed by atoms with Crippen molar-refractivity contribution in [3.05, 3.63) is 35.6 Å². The number of hydrogen-bond acceptors (Lipinski definition) is 1. The van der Waals surface area contributed by atoms with Crippen LogP contribution >= 0.6 is 15.9 Å². The van der Waals surface area contributed by atoms with Crippen molar-refractivity contribution in [3.8, 4) is 0 Å². The minimum atomic E-state index is -0.391. The van der Waals surface area contributed by atoms with E-state index >= 15 is 0 Å². The van der Waals surface area contributed by atoms with Crippen molar-refractivity contribution in [3.63, 3.8) is 0 Å². The highest BCUT2D eigenvalue weighted by Crippen LogP contribution is 2.20. The fourth-order valence-corrected chi connectivity index (χ4v) is 2.47. The van der Waals surface area contributed by atoms with Crippen LogP contribution < -0.4 is 5.32 Å². The Morgan fingerprint density at radius 3 is 2.76 bits per heavy atom. The molecule has 1 aromatic rings. The molecule has 0 aliphatic heterocycles. The Morgan fingerprint density at radius 1 is 1.47 bits per heavy atom. The minimum absolute atomic E-state index is 0.0342. The molecular formula is C13H17BrFNO. The zero-order chi connectivity index (χ0) is 12.9. The summed E-state index contributed by atoms with van der Waals surface area (Å²) >= 11 is 3.38. The minimum Gasteiger partial charge on any atom is -0.352 e. The summed E-state index contributed by atoms with van der Waals surface area (Å²) in [6.07, 6.45) is 0.969. The van der Waals surface area contributed by atoms with Crippen LogP contribution in [-0.2, 0) is 0 Å². The average Bonchev–Trinajstić information content (AvgIpc) is 2.26. The third kappa shape index (κ3) is 4.86. The van der Waals surface area contributed by atoms with E-state index in [1.54, 1.807) is 6.07 Å². The molecule has 17 heavy (non-hydrogen) atoms. The van der Waals surface area contributed by atoms with Crippen molar-refractivity contribution in [1.29, 1.82) is 0 Å². The molecule has 0 unspecified atom stereocenters. The number of alkyl halides is 1. The van der Waals surface area contributed by atoms with Gasteiger partial charge in [0.25, 0.3) is 5.91 Å². The average molecular weight is 302 g/mol. The predicted octanol–water partition coefficient (Wildman–Crippen LogP) is 3.37. The molecule has 0 fully saturated rings. The Kier molecular flexibility index (Phi) is 5.12. The zero-order valence-electron chi connectivity index (χ0n) is 10.1. The second-order valence-electron chi connectivity index (χ2n) is 4.80. The molecule has 0 heterocycles. The first-order valence-corrected chi connectivity index (χ1v) is 6.66. The molecule has 1 rings (SSSR count). The fourth-order valence-electron chi connectivity index (χ4n) is 1.40. The van der Waals surface area contributed by atoms with Gasteiger partial charge in [0.05, 0.1) is 0 Å². The SMILES string of the molecule is CC(C)(CCBr)CNC(=O)c1cccc(F)c1. The van der Waals surface area contributed by atoms with Crippen molar-refractivity contribution in [2.24, 2.45) is 5.41 Å². The number of rotatable bonds is 5. The summed E-state index contributed by atoms with van der Waals surface area (Å²) in [5.74, 6) is -0.621. The Labute approximate surface area is 110 Å². The van der Waals surface area contributed by atoms with Crippen LogP contribution in [-0.4, -0.2) is 17.8 Å². The van der Waals surface area contributed by atoms with Crippen molar-refractivity contribution in [1.82, 2.24) is 5.32 Å². The molecule has 0 bridgehead atoms. The van der Waals surface area contributed by atoms with E-state index in [9.17, 15) is 9.18 Å². The van der Waals surface area contributed by atoms with E-state index in [0.29, 0.717) is 12.1 Å². The smallest absolute Gasteiger partial charge is 0.251 e. The first-order chi connectivity index (χ1) is 7.94. The van der Waals surface area contributed by atoms with Gasteiger partial charge in [0.2, 0.25) is 0 Å². The second kappa shape index (κ2) is 6.15. The van der Waals surface area contributed by atoms with Crippen LogP contribution in [0.3, 0.4) is 0 Å². The Balaban J connectivity index is 2.56. The highest BCUT2D eigenvalue weighted by atomic mass is 79.9. The summed E-state index contributed by atoms with van der Waals surface area (Å²) in [6, 6.07) is 5.71. The van der Waals surface area contributed by atoms with Gasteiger partial charge in [0.1, 0.15) is 5.82 Å². The summed E-state index contributed by atoms with van der Waals surface area (Å²) < 4.78 is 12.9. The molecule has 0 aliphatic carbocycles. The third-order valence-corrected chi connectivity index (χ3v) is 2.98. The largest absolute Gasteiger partial charge is 0.352 e. The number of nitrogens with one attached hydrogen (secondary N) is 1. The molecule has 0 radical (unpaired) electrons. The molecule has 1 aromatic carbocycles. The van der Waals surface area contributed by atoms with Crippen molar-refractivity contribution in [2.45, 2.75) is 20.3 Å². The van der Waals surface area contributed by atoms with E-state index in [1.807, 2.05) is 0 Å². The van der Waals surface area contributed by atoms with E-state index in [4.69, 9.17) is 0 Å². The lowest BCUT2D eigenvalue weighted by Gasteiger charge is -2.23. The van der Waals surface area contributed by atoms with Crippen LogP contribution in [0.15, 0.2) is 24.3 Å². The van der Waals surface area contributed by atoms with Gasteiger partial charge in [0, 0.05) is 17.4 Å². The van der Waals surface area contributed by atoms with Crippen LogP contribution in [0.2, 0.25) is 0 Å². The molecule has 0 aliphatic rings. The van der Waals surface area contributed by atoms with Gasteiger partial charge in [-0.25, -0.2) is 4.39 Å². The van der Waals surface area contributed by atoms with Gasteiger partial charge in [-0.1, -0.05) is 35.8 Å². The van der Waals surface area contributed by atoms with E-state index in [-0.39, 0.29) is 11.3 Å². The molecule has 94 valence electrons. The maximum absolute atomic E-state index is 12.9. The van der Waals surface area contributed by atoms with Crippen LogP contribution in [0.1, 0.15) is 30.6 Å². The molecule has 1 N–H and O–H groups in total. The van der Waals surface area contributed by atoms with Crippen LogP contribution in [0, 0.1) is 11.2 Å². The molecule has 0 atom stereocenters. The molecule has 2 nitrogen and oxygen atoms in total. The number of hydrogen-bond donors (Lipinski definition) is 1. The van der Waals surface area contributed by atoms with Gasteiger partial charge in [-0.3, -0.25) is 4.79 Å². The first kappa shape index (κ1) is 14.2. The van der Waals surface area contributed by atoms with E-state index in [2.05, 4.69) is 35.1 Å². The zero-order valence-corrected chi connectivity index (χ0v) is 11.7. The fraction of sp³-hybridized carbons (Fsp3) is 0.462. The summed E-state index contributed by atoms with van der Waals surface area (Å²) in [6.45, 7) is 4.74. The van der Waals surface area contributed by atoms with E-state index < -0.39 is 5.82 Å². The Hall–Kier alpha value is -0.900. The number of benzene rings is 1. The van der Waals surface area contributed by atoms with Gasteiger partial charge in [-0.05, 0) is 30.0 Å². The van der Waals surface area contributed by atoms with Crippen LogP contribution in [0.4, 0.5) is 4.39 Å². The van der Waals surface area contributed by atoms with Crippen LogP contribution in [0.25, 0.3) is 0 Å². The molecule has 0 saturated carbocycles. The number of carbonyl (C=O) groups excluding carboxylic acids is 1. The summed E-state index contributed by atoms with van der Waals surface area (Å²) in [5.41, 5.74) is 0.395. The van der Waals surface area contributed by atoms with Crippen molar-refractivity contribution < 1.29 is 9.18 Å². The predicted molar refractivity (Wildman–Crippen MR) is 70.9 cm³/mol. The van der Waals surface area contributed by atoms with Gasteiger partial charge < -0.3 is 5.32 Å². The topological polar surface area (TPSA) is 29.1 Å². The number of amides is 1. The summed E-state index contributed by atoms with van der Waals surface area (Å²) in [4.78, 5) is 11.8. The third-order valence-electron chi connectivity index (χ3n) is 2.59. The van der Waals surface area contributed by atoms with Crippen LogP contribution in [0.5, 0.6) is 0 Å². The van der Waals surface area contributed by atoms with Crippen molar-refractivity contribution >= 4 is 21.8 Å². The normalized spacial score (nSPS) is 11.3. The lowest BCUT2D eigenvalue weighted by atomic mass is 9.90.